The maximum atomic E-state index is 9.74. The Morgan fingerprint density at radius 2 is 1.91 bits per heavy atom. The van der Waals surface area contributed by atoms with E-state index in [-0.39, 0.29) is 12.4 Å². The fourth-order valence-electron chi connectivity index (χ4n) is 2.11. The van der Waals surface area contributed by atoms with E-state index in [9.17, 15) is 5.11 Å². The molecule has 116 valence electrons. The topological polar surface area (TPSA) is 56.1 Å². The van der Waals surface area contributed by atoms with Crippen molar-refractivity contribution in [3.05, 3.63) is 53.1 Å². The Labute approximate surface area is 135 Å². The highest BCUT2D eigenvalue weighted by Crippen LogP contribution is 2.22. The summed E-state index contributed by atoms with van der Waals surface area (Å²) in [7, 11) is 0. The first-order chi connectivity index (χ1) is 10.6. The molecule has 0 heterocycles. The molecule has 0 aromatic heterocycles. The van der Waals surface area contributed by atoms with Gasteiger partial charge in [-0.15, -0.1) is 0 Å². The summed E-state index contributed by atoms with van der Waals surface area (Å²) in [6.45, 7) is 3.61. The van der Waals surface area contributed by atoms with Crippen LogP contribution < -0.4 is 4.90 Å². The van der Waals surface area contributed by atoms with Crippen LogP contribution in [-0.4, -0.2) is 36.1 Å². The van der Waals surface area contributed by atoms with Gasteiger partial charge in [0.2, 0.25) is 0 Å². The van der Waals surface area contributed by atoms with Gasteiger partial charge in [0.05, 0.1) is 12.3 Å². The van der Waals surface area contributed by atoms with Crippen LogP contribution in [0.15, 0.2) is 47.5 Å². The molecule has 0 aliphatic carbocycles. The lowest BCUT2D eigenvalue weighted by Gasteiger charge is -2.21. The molecule has 0 aliphatic rings. The van der Waals surface area contributed by atoms with Gasteiger partial charge in [-0.3, -0.25) is 4.99 Å². The van der Waals surface area contributed by atoms with Crippen LogP contribution in [0.3, 0.4) is 0 Å². The fraction of sp³-hybridized carbons (Fsp3) is 0.235. The Kier molecular flexibility index (Phi) is 5.81. The third-order valence-corrected chi connectivity index (χ3v) is 3.54. The fourth-order valence-corrected chi connectivity index (χ4v) is 2.29. The van der Waals surface area contributed by atoms with Crippen molar-refractivity contribution in [1.29, 1.82) is 0 Å². The van der Waals surface area contributed by atoms with E-state index >= 15 is 0 Å². The minimum atomic E-state index is 0.127. The number of anilines is 1. The number of phenolic OH excluding ortho intramolecular Hbond substituents is 1. The summed E-state index contributed by atoms with van der Waals surface area (Å²) in [6.07, 6.45) is 1.58. The molecule has 2 N–H and O–H groups in total. The molecule has 2 rings (SSSR count). The second-order valence-electron chi connectivity index (χ2n) is 4.78. The van der Waals surface area contributed by atoms with E-state index in [1.165, 1.54) is 0 Å². The first kappa shape index (κ1) is 16.3. The standard InChI is InChI=1S/C17H19ClN2O2/c1-2-20(9-10-21)16-6-4-15(5-7-16)19-12-13-11-14(18)3-8-17(13)22/h3-8,11-12,21-22H,2,9-10H2,1H3. The monoisotopic (exact) mass is 318 g/mol. The van der Waals surface area contributed by atoms with E-state index < -0.39 is 0 Å². The van der Waals surface area contributed by atoms with Crippen LogP contribution in [0, 0.1) is 0 Å². The van der Waals surface area contributed by atoms with Gasteiger partial charge in [-0.05, 0) is 49.4 Å². The van der Waals surface area contributed by atoms with Gasteiger partial charge in [-0.25, -0.2) is 0 Å². The molecule has 0 saturated carbocycles. The largest absolute Gasteiger partial charge is 0.507 e. The minimum absolute atomic E-state index is 0.127. The highest BCUT2D eigenvalue weighted by Gasteiger charge is 2.03. The quantitative estimate of drug-likeness (QED) is 0.800. The van der Waals surface area contributed by atoms with Crippen molar-refractivity contribution < 1.29 is 10.2 Å². The Balaban J connectivity index is 2.13. The molecule has 0 fully saturated rings. The van der Waals surface area contributed by atoms with Crippen molar-refractivity contribution >= 4 is 29.2 Å². The number of aliphatic hydroxyl groups excluding tert-OH is 1. The number of aliphatic hydroxyl groups is 1. The van der Waals surface area contributed by atoms with Crippen molar-refractivity contribution in [1.82, 2.24) is 0 Å². The predicted octanol–water partition coefficient (Wildman–Crippen LogP) is 3.61. The zero-order valence-electron chi connectivity index (χ0n) is 12.4. The third kappa shape index (κ3) is 4.23. The number of rotatable bonds is 6. The van der Waals surface area contributed by atoms with Crippen LogP contribution in [-0.2, 0) is 0 Å². The van der Waals surface area contributed by atoms with Crippen molar-refractivity contribution in [2.75, 3.05) is 24.6 Å². The Morgan fingerprint density at radius 1 is 1.18 bits per heavy atom. The molecule has 0 spiro atoms. The van der Waals surface area contributed by atoms with Gasteiger partial charge in [0.25, 0.3) is 0 Å². The number of hydrogen-bond acceptors (Lipinski definition) is 4. The Hall–Kier alpha value is -2.04. The summed E-state index contributed by atoms with van der Waals surface area (Å²) in [4.78, 5) is 6.42. The molecule has 5 heteroatoms. The van der Waals surface area contributed by atoms with Crippen molar-refractivity contribution in [2.24, 2.45) is 4.99 Å². The molecule has 22 heavy (non-hydrogen) atoms. The van der Waals surface area contributed by atoms with E-state index in [4.69, 9.17) is 16.7 Å². The first-order valence-corrected chi connectivity index (χ1v) is 7.50. The molecule has 0 amide bonds. The van der Waals surface area contributed by atoms with E-state index in [0.29, 0.717) is 17.1 Å². The summed E-state index contributed by atoms with van der Waals surface area (Å²) < 4.78 is 0. The van der Waals surface area contributed by atoms with Crippen molar-refractivity contribution in [3.8, 4) is 5.75 Å². The van der Waals surface area contributed by atoms with Gasteiger partial charge in [-0.1, -0.05) is 11.6 Å². The van der Waals surface area contributed by atoms with E-state index in [1.807, 2.05) is 31.2 Å². The molecule has 0 radical (unpaired) electrons. The number of likely N-dealkylation sites (N-methyl/N-ethyl adjacent to an activating group) is 1. The lowest BCUT2D eigenvalue weighted by atomic mass is 10.2. The maximum Gasteiger partial charge on any atom is 0.124 e. The number of hydrogen-bond donors (Lipinski definition) is 2. The van der Waals surface area contributed by atoms with Crippen LogP contribution in [0.5, 0.6) is 5.75 Å². The Bertz CT molecular complexity index is 642. The molecule has 0 unspecified atom stereocenters. The molecular weight excluding hydrogens is 300 g/mol. The van der Waals surface area contributed by atoms with E-state index in [2.05, 4.69) is 9.89 Å². The lowest BCUT2D eigenvalue weighted by Crippen LogP contribution is -2.25. The smallest absolute Gasteiger partial charge is 0.124 e. The summed E-state index contributed by atoms with van der Waals surface area (Å²) in [5.74, 6) is 0.143. The molecule has 4 nitrogen and oxygen atoms in total. The summed E-state index contributed by atoms with van der Waals surface area (Å²) in [5, 5.41) is 19.3. The Morgan fingerprint density at radius 3 is 2.55 bits per heavy atom. The van der Waals surface area contributed by atoms with Gasteiger partial charge >= 0.3 is 0 Å². The molecule has 2 aromatic carbocycles. The first-order valence-electron chi connectivity index (χ1n) is 7.12. The molecule has 2 aromatic rings. The average molecular weight is 319 g/mol. The molecular formula is C17H19ClN2O2. The highest BCUT2D eigenvalue weighted by atomic mass is 35.5. The minimum Gasteiger partial charge on any atom is -0.507 e. The van der Waals surface area contributed by atoms with E-state index in [1.54, 1.807) is 24.4 Å². The van der Waals surface area contributed by atoms with Gasteiger partial charge in [-0.2, -0.15) is 0 Å². The normalized spacial score (nSPS) is 11.0. The summed E-state index contributed by atoms with van der Waals surface area (Å²) in [6, 6.07) is 12.5. The van der Waals surface area contributed by atoms with Crippen LogP contribution in [0.1, 0.15) is 12.5 Å². The number of aliphatic imine (C=N–C) groups is 1. The molecule has 0 atom stereocenters. The third-order valence-electron chi connectivity index (χ3n) is 3.31. The number of phenols is 1. The highest BCUT2D eigenvalue weighted by molar-refractivity contribution is 6.30. The molecule has 0 aliphatic heterocycles. The number of benzene rings is 2. The van der Waals surface area contributed by atoms with Crippen LogP contribution in [0.25, 0.3) is 0 Å². The molecule has 0 bridgehead atoms. The van der Waals surface area contributed by atoms with Crippen molar-refractivity contribution in [3.63, 3.8) is 0 Å². The zero-order valence-corrected chi connectivity index (χ0v) is 13.2. The van der Waals surface area contributed by atoms with Crippen LogP contribution >= 0.6 is 11.6 Å². The SMILES string of the molecule is CCN(CCO)c1ccc(N=Cc2cc(Cl)ccc2O)cc1. The average Bonchev–Trinajstić information content (AvgIpc) is 2.54. The van der Waals surface area contributed by atoms with Gasteiger partial charge < -0.3 is 15.1 Å². The van der Waals surface area contributed by atoms with Crippen LogP contribution in [0.4, 0.5) is 11.4 Å². The van der Waals surface area contributed by atoms with Gasteiger partial charge in [0.1, 0.15) is 5.75 Å². The predicted molar refractivity (Wildman–Crippen MR) is 91.8 cm³/mol. The summed E-state index contributed by atoms with van der Waals surface area (Å²) in [5.41, 5.74) is 2.40. The second kappa shape index (κ2) is 7.82. The van der Waals surface area contributed by atoms with E-state index in [0.717, 1.165) is 17.9 Å². The van der Waals surface area contributed by atoms with Gasteiger partial charge in [0.15, 0.2) is 0 Å². The van der Waals surface area contributed by atoms with Crippen LogP contribution in [0.2, 0.25) is 5.02 Å². The lowest BCUT2D eigenvalue weighted by molar-refractivity contribution is 0.302. The van der Waals surface area contributed by atoms with Gasteiger partial charge in [0, 0.05) is 35.6 Å². The molecule has 0 saturated heterocycles. The number of aromatic hydroxyl groups is 1. The van der Waals surface area contributed by atoms with Crippen molar-refractivity contribution in [2.45, 2.75) is 6.92 Å². The number of halogens is 1. The zero-order chi connectivity index (χ0) is 15.9. The maximum absolute atomic E-state index is 9.74. The number of nitrogens with zero attached hydrogens (tertiary/aromatic N) is 2. The second-order valence-corrected chi connectivity index (χ2v) is 5.22. The summed E-state index contributed by atoms with van der Waals surface area (Å²) >= 11 is 5.90.